The Labute approximate surface area is 372 Å². The third-order valence-corrected chi connectivity index (χ3v) is 14.2. The maximum atomic E-state index is 15.6. The molecule has 18 nitrogen and oxygen atoms in total. The number of sulfonamides is 1. The lowest BCUT2D eigenvalue weighted by Crippen LogP contribution is -2.52. The molecule has 338 valence electrons. The molecule has 3 fully saturated rings. The molecule has 65 heavy (non-hydrogen) atoms. The second-order valence-electron chi connectivity index (χ2n) is 16.8. The van der Waals surface area contributed by atoms with Gasteiger partial charge in [0.15, 0.2) is 5.82 Å². The average Bonchev–Trinajstić information content (AvgIpc) is 3.90. The van der Waals surface area contributed by atoms with E-state index in [0.717, 1.165) is 60.2 Å². The van der Waals surface area contributed by atoms with Crippen LogP contribution >= 0.6 is 0 Å². The van der Waals surface area contributed by atoms with E-state index in [1.54, 1.807) is 40.4 Å². The maximum Gasteiger partial charge on any atom is 0.328 e. The van der Waals surface area contributed by atoms with Gasteiger partial charge in [-0.05, 0) is 81.6 Å². The molecule has 2 aromatic carbocycles. The Hall–Kier alpha value is -6.87. The third-order valence-electron chi connectivity index (χ3n) is 12.5. The van der Waals surface area contributed by atoms with E-state index in [9.17, 15) is 32.0 Å². The molecule has 0 spiro atoms. The van der Waals surface area contributed by atoms with Gasteiger partial charge in [0.25, 0.3) is 0 Å². The molecule has 0 aliphatic carbocycles. The van der Waals surface area contributed by atoms with Crippen LogP contribution in [0.25, 0.3) is 33.1 Å². The van der Waals surface area contributed by atoms with Crippen molar-refractivity contribution in [3.05, 3.63) is 89.6 Å². The van der Waals surface area contributed by atoms with Gasteiger partial charge < -0.3 is 14.8 Å². The molecule has 3 aliphatic rings. The molecule has 4 aromatic heterocycles. The van der Waals surface area contributed by atoms with Crippen LogP contribution in [0.4, 0.5) is 30.9 Å². The highest BCUT2D eigenvalue weighted by atomic mass is 32.2. The van der Waals surface area contributed by atoms with Gasteiger partial charge in [-0.15, -0.1) is 0 Å². The number of hydrogen-bond donors (Lipinski definition) is 3. The number of anilines is 3. The van der Waals surface area contributed by atoms with Crippen molar-refractivity contribution in [1.29, 1.82) is 0 Å². The predicted octanol–water partition coefficient (Wildman–Crippen LogP) is 4.54. The van der Waals surface area contributed by atoms with Crippen molar-refractivity contribution in [2.75, 3.05) is 66.9 Å². The summed E-state index contributed by atoms with van der Waals surface area (Å²) in [4.78, 5) is 75.8. The van der Waals surface area contributed by atoms with E-state index in [4.69, 9.17) is 0 Å². The minimum atomic E-state index is -3.98. The number of nitrogens with one attached hydrogen (secondary N) is 3. The third kappa shape index (κ3) is 8.48. The molecule has 3 N–H and O–H groups in total. The highest BCUT2D eigenvalue weighted by molar-refractivity contribution is 7.93. The van der Waals surface area contributed by atoms with E-state index >= 15 is 4.39 Å². The van der Waals surface area contributed by atoms with E-state index in [1.165, 1.54) is 20.0 Å². The zero-order valence-electron chi connectivity index (χ0n) is 35.8. The maximum absolute atomic E-state index is 15.6. The molecule has 3 saturated heterocycles. The first-order valence-corrected chi connectivity index (χ1v) is 22.9. The van der Waals surface area contributed by atoms with Crippen LogP contribution in [0.3, 0.4) is 0 Å². The number of fused-ring (bicyclic) bond motifs is 2. The molecule has 21 heteroatoms. The summed E-state index contributed by atoms with van der Waals surface area (Å²) >= 11 is 0. The number of ketones is 1. The second kappa shape index (κ2) is 17.3. The number of urea groups is 1. The Morgan fingerprint density at radius 3 is 2.32 bits per heavy atom. The van der Waals surface area contributed by atoms with Crippen molar-refractivity contribution < 1.29 is 36.4 Å². The first-order valence-electron chi connectivity index (χ1n) is 21.3. The number of amides is 4. The zero-order chi connectivity index (χ0) is 45.7. The number of benzene rings is 2. The number of aromatic nitrogens is 6. The van der Waals surface area contributed by atoms with Gasteiger partial charge in [-0.1, -0.05) is 0 Å². The number of imide groups is 1. The predicted molar refractivity (Wildman–Crippen MR) is 238 cm³/mol. The quantitative estimate of drug-likeness (QED) is 0.153. The van der Waals surface area contributed by atoms with Gasteiger partial charge in [0, 0.05) is 98.4 Å². The number of H-pyrrole nitrogens is 1. The first-order chi connectivity index (χ1) is 31.1. The Bertz CT molecular complexity index is 2980. The Kier molecular flexibility index (Phi) is 11.5. The smallest absolute Gasteiger partial charge is 0.328 e. The Morgan fingerprint density at radius 1 is 0.892 bits per heavy atom. The highest BCUT2D eigenvalue weighted by Gasteiger charge is 2.31. The van der Waals surface area contributed by atoms with Gasteiger partial charge in [0.1, 0.15) is 11.5 Å². The van der Waals surface area contributed by atoms with Crippen molar-refractivity contribution in [3.8, 4) is 11.1 Å². The van der Waals surface area contributed by atoms with Gasteiger partial charge in [0.05, 0.1) is 40.4 Å². The van der Waals surface area contributed by atoms with Crippen LogP contribution in [-0.2, 0) is 26.7 Å². The lowest BCUT2D eigenvalue weighted by atomic mass is 9.88. The summed E-state index contributed by atoms with van der Waals surface area (Å²) in [5.41, 5.74) is 2.65. The number of piperidine rings is 1. The van der Waals surface area contributed by atoms with Crippen LogP contribution < -0.4 is 19.8 Å². The molecule has 0 radical (unpaired) electrons. The molecule has 7 heterocycles. The molecule has 9 rings (SSSR count). The number of carbonyl (C=O) groups excluding carboxylic acids is 4. The largest absolute Gasteiger partial charge is 0.345 e. The normalized spacial score (nSPS) is 16.8. The van der Waals surface area contributed by atoms with Crippen molar-refractivity contribution >= 4 is 72.9 Å². The topological polar surface area (TPSA) is 212 Å². The van der Waals surface area contributed by atoms with Crippen LogP contribution in [0.2, 0.25) is 0 Å². The van der Waals surface area contributed by atoms with E-state index < -0.39 is 50.0 Å². The minimum Gasteiger partial charge on any atom is -0.345 e. The Morgan fingerprint density at radius 2 is 1.62 bits per heavy atom. The number of aryl methyl sites for hydroxylation is 1. The number of nitrogens with zero attached hydrogens (tertiary/aromatic N) is 9. The van der Waals surface area contributed by atoms with E-state index in [1.807, 2.05) is 22.9 Å². The number of likely N-dealkylation sites (tertiary alicyclic amines) is 1. The Balaban J connectivity index is 0.803. The highest BCUT2D eigenvalue weighted by Crippen LogP contribution is 2.37. The molecule has 0 atom stereocenters. The van der Waals surface area contributed by atoms with E-state index in [0.29, 0.717) is 62.0 Å². The lowest BCUT2D eigenvalue weighted by Gasteiger charge is -2.37. The standard InChI is InChI=1S/C44H46F2N12O6S/c1-25(2)65(63,64)53-34-5-4-33(45)39(40(34)46)41(61)31-22-48-42-30(31)16-28(19-47-42)29-20-49-43(50-21-29)57-14-12-56(13-15-57)38(60)24-55-9-6-26(7-10-55)27-17-35-32(23-51-54(35)3)36(18-27)58-11-8-37(59)52-44(58)62/h4-5,16-23,25-26,53H,6-15,24H2,1-3H3,(H,47,48)(H,52,59,62). The van der Waals surface area contributed by atoms with Gasteiger partial charge in [-0.2, -0.15) is 5.10 Å². The number of hydrogen-bond acceptors (Lipinski definition) is 12. The number of pyridine rings is 1. The molecule has 0 bridgehead atoms. The fourth-order valence-corrected chi connectivity index (χ4v) is 9.30. The summed E-state index contributed by atoms with van der Waals surface area (Å²) in [6.45, 7) is 6.98. The van der Waals surface area contributed by atoms with Crippen LogP contribution in [0.1, 0.15) is 60.5 Å². The monoisotopic (exact) mass is 908 g/mol. The van der Waals surface area contributed by atoms with Gasteiger partial charge >= 0.3 is 6.03 Å². The molecule has 0 unspecified atom stereocenters. The SMILES string of the molecule is CC(C)S(=O)(=O)Nc1ccc(F)c(C(=O)c2c[nH]c3ncc(-c4cnc(N5CCN(C(=O)CN6CCC(c7cc(N8CCC(=O)NC8=O)c8cnn(C)c8c7)CC6)CC5)nc4)cc23)c1F. The summed E-state index contributed by atoms with van der Waals surface area (Å²) in [5.74, 6) is -2.99. The van der Waals surface area contributed by atoms with E-state index in [-0.39, 0.29) is 35.1 Å². The molecule has 6 aromatic rings. The number of rotatable bonds is 11. The fraction of sp³-hybridized carbons (Fsp3) is 0.364. The van der Waals surface area contributed by atoms with Gasteiger partial charge in [0.2, 0.25) is 33.6 Å². The second-order valence-corrected chi connectivity index (χ2v) is 19.1. The zero-order valence-corrected chi connectivity index (χ0v) is 36.7. The van der Waals surface area contributed by atoms with Crippen LogP contribution in [-0.4, -0.2) is 129 Å². The molecular formula is C44H46F2N12O6S. The van der Waals surface area contributed by atoms with Crippen molar-refractivity contribution in [1.82, 2.24) is 44.8 Å². The summed E-state index contributed by atoms with van der Waals surface area (Å²) < 4.78 is 59.2. The molecule has 3 aliphatic heterocycles. The number of halogens is 2. The van der Waals surface area contributed by atoms with Gasteiger partial charge in [-0.25, -0.2) is 36.9 Å². The van der Waals surface area contributed by atoms with E-state index in [2.05, 4.69) is 46.0 Å². The van der Waals surface area contributed by atoms with Crippen molar-refractivity contribution in [2.24, 2.45) is 7.05 Å². The number of aromatic amines is 1. The summed E-state index contributed by atoms with van der Waals surface area (Å²) in [6, 6.07) is 7.15. The number of carbonyl (C=O) groups is 4. The average molecular weight is 909 g/mol. The number of piperazine rings is 1. The lowest BCUT2D eigenvalue weighted by molar-refractivity contribution is -0.133. The van der Waals surface area contributed by atoms with Crippen LogP contribution in [0.5, 0.6) is 0 Å². The summed E-state index contributed by atoms with van der Waals surface area (Å²) in [5, 5.41) is 7.09. The molecule has 0 saturated carbocycles. The van der Waals surface area contributed by atoms with Crippen molar-refractivity contribution in [2.45, 2.75) is 44.3 Å². The summed E-state index contributed by atoms with van der Waals surface area (Å²) in [6.07, 6.45) is 9.75. The van der Waals surface area contributed by atoms with Gasteiger partial charge in [-0.3, -0.25) is 38.9 Å². The van der Waals surface area contributed by atoms with Crippen LogP contribution in [0, 0.1) is 11.6 Å². The first kappa shape index (κ1) is 43.4. The minimum absolute atomic E-state index is 0.0584. The molecule has 4 amide bonds. The molecular weight excluding hydrogens is 863 g/mol. The summed E-state index contributed by atoms with van der Waals surface area (Å²) in [7, 11) is -2.11. The van der Waals surface area contributed by atoms with Crippen LogP contribution in [0.15, 0.2) is 61.3 Å². The van der Waals surface area contributed by atoms with Crippen molar-refractivity contribution in [3.63, 3.8) is 0 Å². The fourth-order valence-electron chi connectivity index (χ4n) is 8.60.